The number of hydrogen-bond donors (Lipinski definition) is 0. The molecule has 0 aromatic heterocycles. The third-order valence-electron chi connectivity index (χ3n) is 5.38. The lowest BCUT2D eigenvalue weighted by atomic mass is 9.96. The van der Waals surface area contributed by atoms with Crippen LogP contribution in [0.25, 0.3) is 0 Å². The van der Waals surface area contributed by atoms with Crippen LogP contribution >= 0.6 is 0 Å². The third kappa shape index (κ3) is 2.88. The van der Waals surface area contributed by atoms with Crippen molar-refractivity contribution >= 4 is 0 Å². The zero-order valence-corrected chi connectivity index (χ0v) is 13.2. The summed E-state index contributed by atoms with van der Waals surface area (Å²) in [6.45, 7) is 0. The predicted octanol–water partition coefficient (Wildman–Crippen LogP) is 5.59. The molecule has 22 heavy (non-hydrogen) atoms. The van der Waals surface area contributed by atoms with E-state index in [0.717, 1.165) is 24.7 Å². The van der Waals surface area contributed by atoms with E-state index in [2.05, 4.69) is 60.7 Å². The minimum atomic E-state index is 0.927. The van der Waals surface area contributed by atoms with Gasteiger partial charge in [-0.25, -0.2) is 0 Å². The Morgan fingerprint density at radius 1 is 0.682 bits per heavy atom. The van der Waals surface area contributed by atoms with E-state index in [1.807, 2.05) is 5.57 Å². The summed E-state index contributed by atoms with van der Waals surface area (Å²) in [6, 6.07) is 22.0. The molecule has 0 amide bonds. The van der Waals surface area contributed by atoms with Crippen molar-refractivity contribution in [1.29, 1.82) is 0 Å². The van der Waals surface area contributed by atoms with Crippen LogP contribution in [0.4, 0.5) is 0 Å². The minimum absolute atomic E-state index is 0.927. The first kappa shape index (κ1) is 13.8. The van der Waals surface area contributed by atoms with Gasteiger partial charge in [-0.2, -0.15) is 0 Å². The Morgan fingerprint density at radius 3 is 1.59 bits per heavy atom. The van der Waals surface area contributed by atoms with E-state index in [1.165, 1.54) is 36.8 Å². The summed E-state index contributed by atoms with van der Waals surface area (Å²) in [5, 5.41) is 0. The van der Waals surface area contributed by atoms with Gasteiger partial charge in [0.05, 0.1) is 0 Å². The normalized spacial score (nSPS) is 23.0. The van der Waals surface area contributed by atoms with Crippen LogP contribution in [0.2, 0.25) is 0 Å². The quantitative estimate of drug-likeness (QED) is 0.643. The first-order valence-corrected chi connectivity index (χ1v) is 8.71. The number of hydrogen-bond acceptors (Lipinski definition) is 0. The molecular formula is C22H24. The Kier molecular flexibility index (Phi) is 3.84. The molecule has 2 fully saturated rings. The van der Waals surface area contributed by atoms with Crippen molar-refractivity contribution in [2.24, 2.45) is 11.8 Å². The number of fused-ring (bicyclic) bond motifs is 1. The number of benzene rings is 2. The molecule has 0 saturated heterocycles. The number of rotatable bonds is 4. The summed E-state index contributed by atoms with van der Waals surface area (Å²) in [7, 11) is 0. The number of allylic oxidation sites excluding steroid dienone is 2. The van der Waals surface area contributed by atoms with Crippen LogP contribution in [0.15, 0.2) is 71.8 Å². The summed E-state index contributed by atoms with van der Waals surface area (Å²) in [6.07, 6.45) is 8.03. The fourth-order valence-electron chi connectivity index (χ4n) is 4.30. The highest BCUT2D eigenvalue weighted by molar-refractivity contribution is 5.41. The molecule has 2 aliphatic carbocycles. The van der Waals surface area contributed by atoms with E-state index >= 15 is 0 Å². The Labute approximate surface area is 133 Å². The van der Waals surface area contributed by atoms with Gasteiger partial charge in [-0.15, -0.1) is 0 Å². The topological polar surface area (TPSA) is 0 Å². The maximum Gasteiger partial charge on any atom is -0.00609 e. The Morgan fingerprint density at radius 2 is 1.14 bits per heavy atom. The van der Waals surface area contributed by atoms with Crippen LogP contribution < -0.4 is 0 Å². The van der Waals surface area contributed by atoms with E-state index in [-0.39, 0.29) is 0 Å². The van der Waals surface area contributed by atoms with Crippen LogP contribution in [0, 0.1) is 11.8 Å². The first-order chi connectivity index (χ1) is 10.9. The lowest BCUT2D eigenvalue weighted by Crippen LogP contribution is -1.97. The lowest BCUT2D eigenvalue weighted by molar-refractivity contribution is 0.480. The smallest absolute Gasteiger partial charge is 0.00609 e. The molecule has 2 aromatic rings. The van der Waals surface area contributed by atoms with Gasteiger partial charge in [0.2, 0.25) is 0 Å². The lowest BCUT2D eigenvalue weighted by Gasteiger charge is -2.09. The second-order valence-electron chi connectivity index (χ2n) is 6.88. The van der Waals surface area contributed by atoms with Crippen molar-refractivity contribution in [2.75, 3.05) is 0 Å². The van der Waals surface area contributed by atoms with Gasteiger partial charge in [-0.1, -0.05) is 84.7 Å². The molecule has 0 radical (unpaired) electrons. The summed E-state index contributed by atoms with van der Waals surface area (Å²) in [5.41, 5.74) is 6.45. The average Bonchev–Trinajstić information content (AvgIpc) is 3.30. The highest BCUT2D eigenvalue weighted by Crippen LogP contribution is 2.57. The molecule has 2 saturated carbocycles. The van der Waals surface area contributed by atoms with Crippen molar-refractivity contribution in [3.05, 3.63) is 82.9 Å². The Hall–Kier alpha value is -1.82. The van der Waals surface area contributed by atoms with Gasteiger partial charge in [-0.05, 0) is 48.6 Å². The maximum absolute atomic E-state index is 2.28. The Balaban J connectivity index is 1.62. The molecule has 2 aliphatic rings. The minimum Gasteiger partial charge on any atom is -0.0629 e. The highest BCUT2D eigenvalue weighted by atomic mass is 14.5. The van der Waals surface area contributed by atoms with E-state index in [0.29, 0.717) is 0 Å². The molecule has 0 heterocycles. The summed E-state index contributed by atoms with van der Waals surface area (Å²) in [4.78, 5) is 0. The molecule has 0 aliphatic heterocycles. The van der Waals surface area contributed by atoms with E-state index < -0.39 is 0 Å². The SMILES string of the molecule is c1ccc(CC(Cc2ccccc2)=C2C3CCCCC23)cc1. The van der Waals surface area contributed by atoms with Crippen molar-refractivity contribution in [3.63, 3.8) is 0 Å². The van der Waals surface area contributed by atoms with Crippen LogP contribution in [0.5, 0.6) is 0 Å². The molecule has 112 valence electrons. The van der Waals surface area contributed by atoms with Crippen molar-refractivity contribution in [3.8, 4) is 0 Å². The molecule has 0 heteroatoms. The van der Waals surface area contributed by atoms with Crippen LogP contribution in [-0.2, 0) is 12.8 Å². The van der Waals surface area contributed by atoms with Gasteiger partial charge in [0.1, 0.15) is 0 Å². The molecule has 2 aromatic carbocycles. The highest BCUT2D eigenvalue weighted by Gasteiger charge is 2.46. The standard InChI is InChI=1S/C22H24/c1-3-9-17(10-4-1)15-19(16-18-11-5-2-6-12-18)22-20-13-7-8-14-21(20)22/h1-6,9-12,20-21H,7-8,13-16H2. The molecule has 0 bridgehead atoms. The fraction of sp³-hybridized carbons (Fsp3) is 0.364. The van der Waals surface area contributed by atoms with Crippen molar-refractivity contribution in [2.45, 2.75) is 38.5 Å². The predicted molar refractivity (Wildman–Crippen MR) is 92.8 cm³/mol. The van der Waals surface area contributed by atoms with Gasteiger partial charge in [0.15, 0.2) is 0 Å². The molecular weight excluding hydrogens is 264 g/mol. The third-order valence-corrected chi connectivity index (χ3v) is 5.38. The molecule has 2 unspecified atom stereocenters. The van der Waals surface area contributed by atoms with E-state index in [9.17, 15) is 0 Å². The molecule has 0 nitrogen and oxygen atoms in total. The molecule has 4 rings (SSSR count). The van der Waals surface area contributed by atoms with Crippen LogP contribution in [0.3, 0.4) is 0 Å². The second kappa shape index (κ2) is 6.12. The Bertz CT molecular complexity index is 593. The first-order valence-electron chi connectivity index (χ1n) is 8.71. The van der Waals surface area contributed by atoms with Gasteiger partial charge in [-0.3, -0.25) is 0 Å². The van der Waals surface area contributed by atoms with E-state index in [4.69, 9.17) is 0 Å². The van der Waals surface area contributed by atoms with Gasteiger partial charge >= 0.3 is 0 Å². The largest absolute Gasteiger partial charge is 0.0629 e. The monoisotopic (exact) mass is 288 g/mol. The summed E-state index contributed by atoms with van der Waals surface area (Å²) < 4.78 is 0. The van der Waals surface area contributed by atoms with Gasteiger partial charge < -0.3 is 0 Å². The fourth-order valence-corrected chi connectivity index (χ4v) is 4.30. The zero-order chi connectivity index (χ0) is 14.8. The average molecular weight is 288 g/mol. The van der Waals surface area contributed by atoms with Crippen molar-refractivity contribution in [1.82, 2.24) is 0 Å². The molecule has 2 atom stereocenters. The molecule has 0 spiro atoms. The van der Waals surface area contributed by atoms with Gasteiger partial charge in [0, 0.05) is 0 Å². The maximum atomic E-state index is 2.28. The van der Waals surface area contributed by atoms with E-state index in [1.54, 1.807) is 5.57 Å². The summed E-state index contributed by atoms with van der Waals surface area (Å²) >= 11 is 0. The zero-order valence-electron chi connectivity index (χ0n) is 13.2. The van der Waals surface area contributed by atoms with Crippen molar-refractivity contribution < 1.29 is 0 Å². The van der Waals surface area contributed by atoms with Gasteiger partial charge in [0.25, 0.3) is 0 Å². The summed E-state index contributed by atoms with van der Waals surface area (Å²) in [5.74, 6) is 1.85. The second-order valence-corrected chi connectivity index (χ2v) is 6.88. The van der Waals surface area contributed by atoms with Crippen LogP contribution in [-0.4, -0.2) is 0 Å². The van der Waals surface area contributed by atoms with Crippen LogP contribution in [0.1, 0.15) is 36.8 Å². The molecule has 0 N–H and O–H groups in total.